The van der Waals surface area contributed by atoms with E-state index in [1.807, 2.05) is 6.07 Å². The number of hydrogen-bond acceptors (Lipinski definition) is 3. The molecule has 0 aliphatic heterocycles. The third kappa shape index (κ3) is 4.00. The van der Waals surface area contributed by atoms with Crippen LogP contribution in [0, 0.1) is 5.82 Å². The van der Waals surface area contributed by atoms with Gasteiger partial charge in [0, 0.05) is 6.04 Å². The summed E-state index contributed by atoms with van der Waals surface area (Å²) in [4.78, 5) is 4.17. The third-order valence-corrected chi connectivity index (χ3v) is 3.91. The molecule has 5 nitrogen and oxygen atoms in total. The fourth-order valence-electron chi connectivity index (χ4n) is 2.64. The second-order valence-electron chi connectivity index (χ2n) is 5.48. The normalized spacial score (nSPS) is 15.0. The molecule has 1 aliphatic rings. The van der Waals surface area contributed by atoms with Crippen molar-refractivity contribution in [1.29, 1.82) is 0 Å². The molecule has 3 rings (SSSR count). The number of hydrogen-bond donors (Lipinski definition) is 2. The van der Waals surface area contributed by atoms with E-state index in [4.69, 9.17) is 12.2 Å². The molecule has 0 atom stereocenters. The Morgan fingerprint density at radius 1 is 1.36 bits per heavy atom. The van der Waals surface area contributed by atoms with Crippen LogP contribution in [-0.2, 0) is 6.54 Å². The van der Waals surface area contributed by atoms with Crippen molar-refractivity contribution in [3.63, 3.8) is 0 Å². The van der Waals surface area contributed by atoms with Gasteiger partial charge in [0.1, 0.15) is 12.1 Å². The summed E-state index contributed by atoms with van der Waals surface area (Å²) in [5, 5.41) is 11.1. The number of thiocarbonyl (C=S) groups is 1. The van der Waals surface area contributed by atoms with Crippen LogP contribution >= 0.6 is 12.2 Å². The van der Waals surface area contributed by atoms with Crippen molar-refractivity contribution < 1.29 is 4.39 Å². The first-order valence-electron chi connectivity index (χ1n) is 7.40. The minimum Gasteiger partial charge on any atom is -0.360 e. The van der Waals surface area contributed by atoms with Crippen LogP contribution in [0.2, 0.25) is 0 Å². The van der Waals surface area contributed by atoms with Crippen LogP contribution in [0.15, 0.2) is 30.6 Å². The summed E-state index contributed by atoms with van der Waals surface area (Å²) in [6.45, 7) is 0.468. The minimum absolute atomic E-state index is 0.252. The first-order chi connectivity index (χ1) is 10.7. The third-order valence-electron chi connectivity index (χ3n) is 3.69. The summed E-state index contributed by atoms with van der Waals surface area (Å²) in [6, 6.07) is 6.90. The molecule has 1 aromatic carbocycles. The Hall–Kier alpha value is -2.02. The van der Waals surface area contributed by atoms with Crippen molar-refractivity contribution >= 4 is 23.3 Å². The summed E-state index contributed by atoms with van der Waals surface area (Å²) in [6.07, 6.45) is 6.42. The van der Waals surface area contributed by atoms with Gasteiger partial charge in [0.15, 0.2) is 5.11 Å². The molecule has 0 spiro atoms. The second-order valence-corrected chi connectivity index (χ2v) is 5.88. The van der Waals surface area contributed by atoms with E-state index in [0.29, 0.717) is 23.6 Å². The van der Waals surface area contributed by atoms with Crippen LogP contribution < -0.4 is 10.6 Å². The number of anilines is 1. The lowest BCUT2D eigenvalue weighted by Gasteiger charge is -2.13. The lowest BCUT2D eigenvalue weighted by atomic mass is 10.2. The highest BCUT2D eigenvalue weighted by atomic mass is 32.1. The molecule has 0 radical (unpaired) electrons. The zero-order valence-corrected chi connectivity index (χ0v) is 12.9. The molecular formula is C15H18FN5S. The molecule has 116 valence electrons. The molecule has 0 bridgehead atoms. The van der Waals surface area contributed by atoms with Gasteiger partial charge in [-0.3, -0.25) is 5.32 Å². The lowest BCUT2D eigenvalue weighted by Crippen LogP contribution is -2.36. The molecule has 22 heavy (non-hydrogen) atoms. The van der Waals surface area contributed by atoms with Crippen LogP contribution in [0.25, 0.3) is 0 Å². The molecule has 1 heterocycles. The molecule has 0 amide bonds. The summed E-state index contributed by atoms with van der Waals surface area (Å²) >= 11 is 5.27. The van der Waals surface area contributed by atoms with E-state index in [0.717, 1.165) is 18.4 Å². The van der Waals surface area contributed by atoms with Crippen molar-refractivity contribution in [2.45, 2.75) is 38.3 Å². The highest BCUT2D eigenvalue weighted by Gasteiger charge is 2.16. The average molecular weight is 319 g/mol. The summed E-state index contributed by atoms with van der Waals surface area (Å²) in [7, 11) is 0. The van der Waals surface area contributed by atoms with Crippen LogP contribution in [0.1, 0.15) is 31.2 Å². The van der Waals surface area contributed by atoms with Crippen LogP contribution in [0.5, 0.6) is 0 Å². The van der Waals surface area contributed by atoms with Gasteiger partial charge in [0.05, 0.1) is 6.54 Å². The molecule has 1 aliphatic carbocycles. The van der Waals surface area contributed by atoms with Crippen molar-refractivity contribution in [2.24, 2.45) is 0 Å². The van der Waals surface area contributed by atoms with Gasteiger partial charge in [-0.2, -0.15) is 0 Å². The Morgan fingerprint density at radius 2 is 2.18 bits per heavy atom. The van der Waals surface area contributed by atoms with Gasteiger partial charge in [-0.25, -0.2) is 14.1 Å². The minimum atomic E-state index is -0.252. The van der Waals surface area contributed by atoms with Crippen molar-refractivity contribution in [1.82, 2.24) is 20.1 Å². The van der Waals surface area contributed by atoms with Crippen LogP contribution in [0.4, 0.5) is 10.3 Å². The Balaban J connectivity index is 1.55. The maximum atomic E-state index is 13.2. The van der Waals surface area contributed by atoms with Crippen LogP contribution in [-0.4, -0.2) is 25.9 Å². The Bertz CT molecular complexity index is 651. The van der Waals surface area contributed by atoms with Gasteiger partial charge in [0.25, 0.3) is 0 Å². The number of nitrogens with zero attached hydrogens (tertiary/aromatic N) is 3. The zero-order valence-electron chi connectivity index (χ0n) is 12.1. The molecule has 0 unspecified atom stereocenters. The number of halogens is 1. The predicted molar refractivity (Wildman–Crippen MR) is 87.1 cm³/mol. The van der Waals surface area contributed by atoms with Crippen LogP contribution in [0.3, 0.4) is 0 Å². The molecule has 0 saturated heterocycles. The van der Waals surface area contributed by atoms with Crippen molar-refractivity contribution in [2.75, 3.05) is 5.32 Å². The highest BCUT2D eigenvalue weighted by molar-refractivity contribution is 7.80. The second kappa shape index (κ2) is 6.83. The fourth-order valence-corrected chi connectivity index (χ4v) is 2.90. The standard InChI is InChI=1S/C15H18FN5S/c16-12-5-3-4-11(8-12)9-21-10-17-14(20-21)19-15(22)18-13-6-1-2-7-13/h3-5,8,10,13H,1-2,6-7,9H2,(H2,18,19,20,22). The van der Waals surface area contributed by atoms with E-state index < -0.39 is 0 Å². The maximum Gasteiger partial charge on any atom is 0.248 e. The number of nitrogens with one attached hydrogen (secondary N) is 2. The molecule has 1 aromatic heterocycles. The number of benzene rings is 1. The largest absolute Gasteiger partial charge is 0.360 e. The summed E-state index contributed by atoms with van der Waals surface area (Å²) in [5.74, 6) is 0.199. The van der Waals surface area contributed by atoms with Crippen molar-refractivity contribution in [3.05, 3.63) is 42.0 Å². The number of rotatable bonds is 4. The van der Waals surface area contributed by atoms with E-state index in [-0.39, 0.29) is 5.82 Å². The molecule has 7 heteroatoms. The Kier molecular flexibility index (Phi) is 4.62. The van der Waals surface area contributed by atoms with Gasteiger partial charge in [-0.1, -0.05) is 25.0 Å². The maximum absolute atomic E-state index is 13.2. The zero-order chi connectivity index (χ0) is 15.4. The summed E-state index contributed by atoms with van der Waals surface area (Å²) < 4.78 is 14.8. The number of aromatic nitrogens is 3. The van der Waals surface area contributed by atoms with Gasteiger partial charge >= 0.3 is 0 Å². The van der Waals surface area contributed by atoms with E-state index in [9.17, 15) is 4.39 Å². The topological polar surface area (TPSA) is 54.8 Å². The van der Waals surface area contributed by atoms with E-state index in [2.05, 4.69) is 20.7 Å². The van der Waals surface area contributed by atoms with Crippen molar-refractivity contribution in [3.8, 4) is 0 Å². The molecule has 2 N–H and O–H groups in total. The molecular weight excluding hydrogens is 301 g/mol. The Morgan fingerprint density at radius 3 is 2.95 bits per heavy atom. The van der Waals surface area contributed by atoms with Gasteiger partial charge in [-0.15, -0.1) is 5.10 Å². The van der Waals surface area contributed by atoms with E-state index >= 15 is 0 Å². The molecule has 1 fully saturated rings. The highest BCUT2D eigenvalue weighted by Crippen LogP contribution is 2.17. The summed E-state index contributed by atoms with van der Waals surface area (Å²) in [5.41, 5.74) is 0.836. The Labute approximate surface area is 133 Å². The SMILES string of the molecule is Fc1cccc(Cn2cnc(NC(=S)NC3CCCC3)n2)c1. The van der Waals surface area contributed by atoms with E-state index in [1.54, 1.807) is 17.1 Å². The van der Waals surface area contributed by atoms with E-state index in [1.165, 1.54) is 25.0 Å². The lowest BCUT2D eigenvalue weighted by molar-refractivity contribution is 0.619. The molecule has 2 aromatic rings. The van der Waals surface area contributed by atoms with Gasteiger partial charge < -0.3 is 5.32 Å². The smallest absolute Gasteiger partial charge is 0.248 e. The first kappa shape index (κ1) is 14.9. The first-order valence-corrected chi connectivity index (χ1v) is 7.81. The molecule has 1 saturated carbocycles. The average Bonchev–Trinajstić information content (AvgIpc) is 3.11. The van der Waals surface area contributed by atoms with Gasteiger partial charge in [0.2, 0.25) is 5.95 Å². The monoisotopic (exact) mass is 319 g/mol. The predicted octanol–water partition coefficient (Wildman–Crippen LogP) is 2.69. The van der Waals surface area contributed by atoms with Gasteiger partial charge in [-0.05, 0) is 42.8 Å². The quantitative estimate of drug-likeness (QED) is 0.849. The fraction of sp³-hybridized carbons (Fsp3) is 0.400.